The minimum Gasteiger partial charge on any atom is -0.394 e. The summed E-state index contributed by atoms with van der Waals surface area (Å²) in [7, 11) is -3.39. The molecule has 0 aliphatic carbocycles. The van der Waals surface area contributed by atoms with Gasteiger partial charge >= 0.3 is 6.18 Å². The van der Waals surface area contributed by atoms with Gasteiger partial charge in [-0.3, -0.25) is 9.59 Å². The molecule has 2 aliphatic rings. The first-order valence-corrected chi connectivity index (χ1v) is 17.2. The van der Waals surface area contributed by atoms with Gasteiger partial charge in [-0.05, 0) is 66.1 Å². The van der Waals surface area contributed by atoms with E-state index in [1.165, 1.54) is 24.3 Å². The molecule has 2 fully saturated rings. The lowest BCUT2D eigenvalue weighted by Gasteiger charge is -2.31. The third kappa shape index (κ3) is 8.14. The zero-order chi connectivity index (χ0) is 33.8. The van der Waals surface area contributed by atoms with Crippen LogP contribution in [-0.2, 0) is 25.5 Å². The minimum absolute atomic E-state index is 0.0114. The standard InChI is InChI=1S/C34H38F3N3O6S/c1-2-47(44,45)30-13-7-24(8-14-30)31(22-41)38-33(43)25-5-11-28(12-6-25)40-21-26(23-3-9-27(10-4-23)34(35,36)37)19-29(40)20-32(42)39-15-17-46-18-16-39/h3-14,26,29,31,41H,2,15-22H2,1H3,(H,38,43)/t26?,29-,31-/m0/s1. The molecular formula is C34H38F3N3O6S. The molecule has 2 N–H and O–H groups in total. The predicted molar refractivity (Wildman–Crippen MR) is 170 cm³/mol. The van der Waals surface area contributed by atoms with Gasteiger partial charge in [0.2, 0.25) is 5.91 Å². The van der Waals surface area contributed by atoms with Crippen LogP contribution >= 0.6 is 0 Å². The minimum atomic E-state index is -4.43. The molecule has 3 atom stereocenters. The first-order chi connectivity index (χ1) is 22.4. The van der Waals surface area contributed by atoms with Crippen LogP contribution in [0.4, 0.5) is 18.9 Å². The van der Waals surface area contributed by atoms with Crippen LogP contribution in [0.3, 0.4) is 0 Å². The van der Waals surface area contributed by atoms with Crippen molar-refractivity contribution in [1.82, 2.24) is 10.2 Å². The molecule has 0 radical (unpaired) electrons. The van der Waals surface area contributed by atoms with E-state index in [1.54, 1.807) is 48.2 Å². The van der Waals surface area contributed by atoms with Crippen molar-refractivity contribution in [3.63, 3.8) is 0 Å². The summed E-state index contributed by atoms with van der Waals surface area (Å²) in [6, 6.07) is 17.0. The molecule has 3 aromatic rings. The zero-order valence-corrected chi connectivity index (χ0v) is 26.8. The highest BCUT2D eigenvalue weighted by atomic mass is 32.2. The Balaban J connectivity index is 1.31. The molecule has 5 rings (SSSR count). The van der Waals surface area contributed by atoms with Gasteiger partial charge in [-0.15, -0.1) is 0 Å². The maximum atomic E-state index is 13.2. The summed E-state index contributed by atoms with van der Waals surface area (Å²) in [6.07, 6.45) is -3.63. The Morgan fingerprint density at radius 1 is 0.979 bits per heavy atom. The molecule has 9 nitrogen and oxygen atoms in total. The summed E-state index contributed by atoms with van der Waals surface area (Å²) in [5.74, 6) is -0.598. The van der Waals surface area contributed by atoms with Crippen molar-refractivity contribution in [1.29, 1.82) is 0 Å². The van der Waals surface area contributed by atoms with Gasteiger partial charge in [-0.1, -0.05) is 31.2 Å². The maximum absolute atomic E-state index is 13.2. The van der Waals surface area contributed by atoms with E-state index in [0.717, 1.165) is 23.4 Å². The lowest BCUT2D eigenvalue weighted by molar-refractivity contribution is -0.137. The molecule has 13 heteroatoms. The second kappa shape index (κ2) is 14.4. The molecule has 2 aliphatic heterocycles. The molecule has 0 spiro atoms. The quantitative estimate of drug-likeness (QED) is 0.324. The molecule has 1 unspecified atom stereocenters. The Bertz CT molecular complexity index is 1640. The fourth-order valence-corrected chi connectivity index (χ4v) is 6.99. The number of alkyl halides is 3. The summed E-state index contributed by atoms with van der Waals surface area (Å²) < 4.78 is 69.2. The normalized spacial score (nSPS) is 19.4. The number of benzene rings is 3. The first-order valence-electron chi connectivity index (χ1n) is 15.5. The monoisotopic (exact) mass is 673 g/mol. The van der Waals surface area contributed by atoms with Crippen LogP contribution in [0.1, 0.15) is 58.8 Å². The van der Waals surface area contributed by atoms with Gasteiger partial charge in [-0.2, -0.15) is 13.2 Å². The number of carbonyl (C=O) groups is 2. The van der Waals surface area contributed by atoms with E-state index in [0.29, 0.717) is 50.4 Å². The van der Waals surface area contributed by atoms with E-state index in [-0.39, 0.29) is 34.9 Å². The third-order valence-electron chi connectivity index (χ3n) is 8.87. The first kappa shape index (κ1) is 34.4. The smallest absolute Gasteiger partial charge is 0.394 e. The molecule has 47 heavy (non-hydrogen) atoms. The number of halogens is 3. The number of anilines is 1. The lowest BCUT2D eigenvalue weighted by Crippen LogP contribution is -2.43. The van der Waals surface area contributed by atoms with Crippen LogP contribution in [0, 0.1) is 0 Å². The number of nitrogens with one attached hydrogen (secondary N) is 1. The topological polar surface area (TPSA) is 116 Å². The third-order valence-corrected chi connectivity index (χ3v) is 10.6. The van der Waals surface area contributed by atoms with Gasteiger partial charge < -0.3 is 25.0 Å². The SMILES string of the molecule is CCS(=O)(=O)c1ccc([C@H](CO)NC(=O)c2ccc(N3CC(c4ccc(C(F)(F)F)cc4)C[C@H]3CC(=O)N3CCOCC3)cc2)cc1. The van der Waals surface area contributed by atoms with Crippen molar-refractivity contribution in [2.75, 3.05) is 50.1 Å². The Labute approximate surface area is 272 Å². The summed E-state index contributed by atoms with van der Waals surface area (Å²) >= 11 is 0. The molecule has 2 amide bonds. The van der Waals surface area contributed by atoms with Crippen molar-refractivity contribution in [3.8, 4) is 0 Å². The number of carbonyl (C=O) groups excluding carboxylic acids is 2. The highest BCUT2D eigenvalue weighted by Crippen LogP contribution is 2.38. The fourth-order valence-electron chi connectivity index (χ4n) is 6.11. The van der Waals surface area contributed by atoms with Crippen molar-refractivity contribution < 1.29 is 41.0 Å². The van der Waals surface area contributed by atoms with E-state index >= 15 is 0 Å². The zero-order valence-electron chi connectivity index (χ0n) is 25.9. The molecule has 3 aromatic carbocycles. The van der Waals surface area contributed by atoms with Crippen LogP contribution in [0.25, 0.3) is 0 Å². The van der Waals surface area contributed by atoms with Gasteiger partial charge in [0.25, 0.3) is 5.91 Å². The van der Waals surface area contributed by atoms with E-state index in [4.69, 9.17) is 4.74 Å². The van der Waals surface area contributed by atoms with E-state index in [1.807, 2.05) is 0 Å². The van der Waals surface area contributed by atoms with Crippen LogP contribution in [0.2, 0.25) is 0 Å². The van der Waals surface area contributed by atoms with Crippen LogP contribution in [0.5, 0.6) is 0 Å². The lowest BCUT2D eigenvalue weighted by atomic mass is 9.94. The average molecular weight is 674 g/mol. The number of ether oxygens (including phenoxy) is 1. The molecule has 0 saturated carbocycles. The van der Waals surface area contributed by atoms with Gasteiger partial charge in [0, 0.05) is 49.3 Å². The number of hydrogen-bond acceptors (Lipinski definition) is 7. The summed E-state index contributed by atoms with van der Waals surface area (Å²) in [6.45, 7) is 3.60. The van der Waals surface area contributed by atoms with Gasteiger partial charge in [0.05, 0.1) is 42.1 Å². The largest absolute Gasteiger partial charge is 0.416 e. The molecule has 252 valence electrons. The van der Waals surface area contributed by atoms with E-state index in [9.17, 15) is 36.3 Å². The number of aliphatic hydroxyl groups excluding tert-OH is 1. The molecular weight excluding hydrogens is 635 g/mol. The molecule has 2 saturated heterocycles. The van der Waals surface area contributed by atoms with Crippen molar-refractivity contribution in [3.05, 3.63) is 95.1 Å². The Morgan fingerprint density at radius 3 is 2.19 bits per heavy atom. The van der Waals surface area contributed by atoms with Gasteiger partial charge in [-0.25, -0.2) is 8.42 Å². The molecule has 2 heterocycles. The Hall–Kier alpha value is -3.94. The van der Waals surface area contributed by atoms with Gasteiger partial charge in [0.15, 0.2) is 9.84 Å². The predicted octanol–water partition coefficient (Wildman–Crippen LogP) is 4.57. The highest BCUT2D eigenvalue weighted by molar-refractivity contribution is 7.91. The number of nitrogens with zero attached hydrogens (tertiary/aromatic N) is 2. The summed E-state index contributed by atoms with van der Waals surface area (Å²) in [4.78, 5) is 30.4. The summed E-state index contributed by atoms with van der Waals surface area (Å²) in [5, 5.41) is 12.8. The molecule has 0 aromatic heterocycles. The number of morpholine rings is 1. The second-order valence-electron chi connectivity index (χ2n) is 11.8. The number of aliphatic hydroxyl groups is 1. The summed E-state index contributed by atoms with van der Waals surface area (Å²) in [5.41, 5.74) is 1.69. The van der Waals surface area contributed by atoms with Gasteiger partial charge in [0.1, 0.15) is 0 Å². The van der Waals surface area contributed by atoms with Crippen LogP contribution in [-0.4, -0.2) is 81.5 Å². The number of hydrogen-bond donors (Lipinski definition) is 2. The Kier molecular flexibility index (Phi) is 10.6. The molecule has 0 bridgehead atoms. The Morgan fingerprint density at radius 2 is 1.62 bits per heavy atom. The number of sulfone groups is 1. The van der Waals surface area contributed by atoms with Crippen LogP contribution in [0.15, 0.2) is 77.7 Å². The fraction of sp³-hybridized carbons (Fsp3) is 0.412. The second-order valence-corrected chi connectivity index (χ2v) is 14.1. The van der Waals surface area contributed by atoms with Crippen molar-refractivity contribution in [2.45, 2.75) is 48.8 Å². The maximum Gasteiger partial charge on any atom is 0.416 e. The van der Waals surface area contributed by atoms with Crippen LogP contribution < -0.4 is 10.2 Å². The van der Waals surface area contributed by atoms with E-state index < -0.39 is 40.1 Å². The highest BCUT2D eigenvalue weighted by Gasteiger charge is 2.36. The van der Waals surface area contributed by atoms with Crippen molar-refractivity contribution in [2.24, 2.45) is 0 Å². The van der Waals surface area contributed by atoms with Crippen molar-refractivity contribution >= 4 is 27.3 Å². The average Bonchev–Trinajstić information content (AvgIpc) is 3.50. The van der Waals surface area contributed by atoms with E-state index in [2.05, 4.69) is 10.2 Å². The number of rotatable bonds is 10. The number of amides is 2.